The third-order valence-corrected chi connectivity index (χ3v) is 3.73. The zero-order valence-corrected chi connectivity index (χ0v) is 14.9. The number of alkyl halides is 4. The van der Waals surface area contributed by atoms with Crippen LogP contribution in [-0.2, 0) is 11.3 Å². The van der Waals surface area contributed by atoms with Crippen molar-refractivity contribution in [1.29, 1.82) is 0 Å². The molecular formula is C20H18F4O4. The third-order valence-electron chi connectivity index (χ3n) is 3.73. The van der Waals surface area contributed by atoms with Gasteiger partial charge in [0, 0.05) is 11.1 Å². The summed E-state index contributed by atoms with van der Waals surface area (Å²) in [7, 11) is 1.37. The molecule has 0 bridgehead atoms. The van der Waals surface area contributed by atoms with E-state index in [9.17, 15) is 27.5 Å². The second-order valence-corrected chi connectivity index (χ2v) is 5.87. The summed E-state index contributed by atoms with van der Waals surface area (Å²) in [6, 6.07) is 10.5. The Balaban J connectivity index is 2.10. The molecule has 0 aliphatic heterocycles. The molecular weight excluding hydrogens is 380 g/mol. The van der Waals surface area contributed by atoms with E-state index < -0.39 is 19.0 Å². The SMILES string of the molecule is COc1ccc(/C=C/C(=O)c2cccc(O)c2)cc1COCC(F)(F)C(F)F. The number of rotatable bonds is 9. The van der Waals surface area contributed by atoms with Crippen molar-refractivity contribution in [3.05, 3.63) is 65.2 Å². The monoisotopic (exact) mass is 398 g/mol. The highest BCUT2D eigenvalue weighted by molar-refractivity contribution is 6.07. The Hall–Kier alpha value is -2.87. The Morgan fingerprint density at radius 3 is 2.61 bits per heavy atom. The molecule has 0 amide bonds. The maximum absolute atomic E-state index is 12.9. The van der Waals surface area contributed by atoms with Crippen molar-refractivity contribution in [3.63, 3.8) is 0 Å². The van der Waals surface area contributed by atoms with Crippen LogP contribution in [0.4, 0.5) is 17.6 Å². The molecule has 150 valence electrons. The number of carbonyl (C=O) groups is 1. The predicted molar refractivity (Wildman–Crippen MR) is 95.1 cm³/mol. The van der Waals surface area contributed by atoms with Gasteiger partial charge in [-0.1, -0.05) is 24.3 Å². The summed E-state index contributed by atoms with van der Waals surface area (Å²) in [5.41, 5.74) is 1.20. The van der Waals surface area contributed by atoms with Crippen LogP contribution in [0.25, 0.3) is 6.08 Å². The van der Waals surface area contributed by atoms with Gasteiger partial charge in [-0.15, -0.1) is 0 Å². The van der Waals surface area contributed by atoms with E-state index in [0.29, 0.717) is 22.4 Å². The number of carbonyl (C=O) groups excluding carboxylic acids is 1. The van der Waals surface area contributed by atoms with Crippen molar-refractivity contribution in [2.45, 2.75) is 19.0 Å². The lowest BCUT2D eigenvalue weighted by Gasteiger charge is -2.16. The maximum atomic E-state index is 12.9. The molecule has 1 N–H and O–H groups in total. The molecule has 0 spiro atoms. The van der Waals surface area contributed by atoms with Crippen LogP contribution < -0.4 is 4.74 Å². The molecule has 2 aromatic rings. The van der Waals surface area contributed by atoms with Crippen LogP contribution in [0.3, 0.4) is 0 Å². The van der Waals surface area contributed by atoms with Gasteiger partial charge >= 0.3 is 12.3 Å². The lowest BCUT2D eigenvalue weighted by atomic mass is 10.1. The standard InChI is InChI=1S/C20H18F4O4/c1-27-18-8-6-13(5-7-17(26)14-3-2-4-16(25)10-14)9-15(18)11-28-12-20(23,24)19(21)22/h2-10,19,25H,11-12H2,1H3/b7-5+. The maximum Gasteiger partial charge on any atom is 0.330 e. The molecule has 0 aromatic heterocycles. The number of ketones is 1. The highest BCUT2D eigenvalue weighted by Gasteiger charge is 2.40. The van der Waals surface area contributed by atoms with Gasteiger partial charge in [-0.2, -0.15) is 8.78 Å². The minimum absolute atomic E-state index is 0.0382. The minimum Gasteiger partial charge on any atom is -0.508 e. The van der Waals surface area contributed by atoms with Crippen molar-refractivity contribution in [2.75, 3.05) is 13.7 Å². The Kier molecular flexibility index (Phi) is 7.17. The molecule has 0 fully saturated rings. The van der Waals surface area contributed by atoms with Crippen LogP contribution in [0.2, 0.25) is 0 Å². The van der Waals surface area contributed by atoms with E-state index in [1.807, 2.05) is 0 Å². The fourth-order valence-electron chi connectivity index (χ4n) is 2.30. The highest BCUT2D eigenvalue weighted by Crippen LogP contribution is 2.26. The van der Waals surface area contributed by atoms with Gasteiger partial charge in [0.25, 0.3) is 0 Å². The summed E-state index contributed by atoms with van der Waals surface area (Å²) in [4.78, 5) is 12.1. The first-order valence-corrected chi connectivity index (χ1v) is 8.15. The second kappa shape index (κ2) is 9.36. The molecule has 0 atom stereocenters. The predicted octanol–water partition coefficient (Wildman–Crippen LogP) is 4.71. The summed E-state index contributed by atoms with van der Waals surface area (Å²) in [5, 5.41) is 9.41. The van der Waals surface area contributed by atoms with Crippen molar-refractivity contribution >= 4 is 11.9 Å². The molecule has 2 rings (SSSR count). The lowest BCUT2D eigenvalue weighted by molar-refractivity contribution is -0.168. The van der Waals surface area contributed by atoms with E-state index in [2.05, 4.69) is 0 Å². The van der Waals surface area contributed by atoms with Crippen molar-refractivity contribution in [1.82, 2.24) is 0 Å². The van der Waals surface area contributed by atoms with E-state index in [1.165, 1.54) is 43.5 Å². The summed E-state index contributed by atoms with van der Waals surface area (Å²) < 4.78 is 60.1. The zero-order valence-electron chi connectivity index (χ0n) is 14.9. The number of allylic oxidation sites excluding steroid dienone is 1. The Bertz CT molecular complexity index is 850. The summed E-state index contributed by atoms with van der Waals surface area (Å²) >= 11 is 0. The Labute approximate surface area is 159 Å². The molecule has 0 saturated heterocycles. The van der Waals surface area contributed by atoms with Crippen LogP contribution in [-0.4, -0.2) is 37.0 Å². The number of methoxy groups -OCH3 is 1. The van der Waals surface area contributed by atoms with E-state index in [0.717, 1.165) is 0 Å². The van der Waals surface area contributed by atoms with Gasteiger partial charge in [-0.25, -0.2) is 8.78 Å². The highest BCUT2D eigenvalue weighted by atomic mass is 19.3. The molecule has 4 nitrogen and oxygen atoms in total. The average molecular weight is 398 g/mol. The van der Waals surface area contributed by atoms with Crippen LogP contribution in [0.15, 0.2) is 48.5 Å². The van der Waals surface area contributed by atoms with E-state index in [-0.39, 0.29) is 18.1 Å². The van der Waals surface area contributed by atoms with Gasteiger partial charge in [0.05, 0.1) is 13.7 Å². The third kappa shape index (κ3) is 5.82. The number of phenolic OH excluding ortho intramolecular Hbond substituents is 1. The largest absolute Gasteiger partial charge is 0.508 e. The first-order valence-electron chi connectivity index (χ1n) is 8.15. The fourth-order valence-corrected chi connectivity index (χ4v) is 2.30. The zero-order chi connectivity index (χ0) is 20.7. The number of hydrogen-bond acceptors (Lipinski definition) is 4. The number of aromatic hydroxyl groups is 1. The minimum atomic E-state index is -4.24. The van der Waals surface area contributed by atoms with Gasteiger partial charge < -0.3 is 14.6 Å². The fraction of sp³-hybridized carbons (Fsp3) is 0.250. The van der Waals surface area contributed by atoms with Crippen LogP contribution in [0, 0.1) is 0 Å². The van der Waals surface area contributed by atoms with Gasteiger partial charge in [0.1, 0.15) is 18.1 Å². The molecule has 2 aromatic carbocycles. The smallest absolute Gasteiger partial charge is 0.330 e. The van der Waals surface area contributed by atoms with Crippen molar-refractivity contribution in [2.24, 2.45) is 0 Å². The normalized spacial score (nSPS) is 11.9. The number of ether oxygens (including phenoxy) is 2. The Morgan fingerprint density at radius 2 is 1.96 bits per heavy atom. The number of halogens is 4. The number of phenols is 1. The van der Waals surface area contributed by atoms with Crippen LogP contribution in [0.5, 0.6) is 11.5 Å². The molecule has 0 aliphatic rings. The summed E-state index contributed by atoms with van der Waals surface area (Å²) in [6.07, 6.45) is -1.04. The molecule has 28 heavy (non-hydrogen) atoms. The molecule has 8 heteroatoms. The topological polar surface area (TPSA) is 55.8 Å². The lowest BCUT2D eigenvalue weighted by Crippen LogP contribution is -2.32. The van der Waals surface area contributed by atoms with Gasteiger partial charge in [-0.3, -0.25) is 4.79 Å². The van der Waals surface area contributed by atoms with Crippen molar-refractivity contribution in [3.8, 4) is 11.5 Å². The van der Waals surface area contributed by atoms with E-state index in [1.54, 1.807) is 18.2 Å². The quantitative estimate of drug-likeness (QED) is 0.378. The first-order chi connectivity index (χ1) is 13.2. The summed E-state index contributed by atoms with van der Waals surface area (Å²) in [5.74, 6) is -4.29. The number of benzene rings is 2. The molecule has 0 unspecified atom stereocenters. The molecule has 0 radical (unpaired) electrons. The second-order valence-electron chi connectivity index (χ2n) is 5.87. The van der Waals surface area contributed by atoms with E-state index in [4.69, 9.17) is 9.47 Å². The average Bonchev–Trinajstić information content (AvgIpc) is 2.66. The summed E-state index contributed by atoms with van der Waals surface area (Å²) in [6.45, 7) is -1.79. The molecule has 0 aliphatic carbocycles. The van der Waals surface area contributed by atoms with Crippen LogP contribution in [0.1, 0.15) is 21.5 Å². The van der Waals surface area contributed by atoms with Crippen LogP contribution >= 0.6 is 0 Å². The van der Waals surface area contributed by atoms with Crippen molar-refractivity contribution < 1.29 is 36.9 Å². The Morgan fingerprint density at radius 1 is 1.21 bits per heavy atom. The molecule has 0 heterocycles. The number of hydrogen-bond donors (Lipinski definition) is 1. The van der Waals surface area contributed by atoms with Gasteiger partial charge in [0.2, 0.25) is 0 Å². The van der Waals surface area contributed by atoms with E-state index >= 15 is 0 Å². The molecule has 0 saturated carbocycles. The first kappa shape index (κ1) is 21.4. The van der Waals surface area contributed by atoms with Gasteiger partial charge in [0.15, 0.2) is 5.78 Å². The van der Waals surface area contributed by atoms with Gasteiger partial charge in [-0.05, 0) is 35.9 Å².